The first-order chi connectivity index (χ1) is 6.61. The van der Waals surface area contributed by atoms with Crippen LogP contribution in [0.4, 0.5) is 5.69 Å². The molecule has 0 unspecified atom stereocenters. The van der Waals surface area contributed by atoms with Gasteiger partial charge in [-0.1, -0.05) is 0 Å². The fourth-order valence-electron chi connectivity index (χ4n) is 1.27. The van der Waals surface area contributed by atoms with Crippen LogP contribution in [0, 0.1) is 6.92 Å². The Kier molecular flexibility index (Phi) is 3.01. The number of hydrogen-bond donors (Lipinski definition) is 1. The van der Waals surface area contributed by atoms with E-state index in [2.05, 4.69) is 10.2 Å². The van der Waals surface area contributed by atoms with Crippen LogP contribution in [0.5, 0.6) is 5.88 Å². The molecule has 0 spiro atoms. The van der Waals surface area contributed by atoms with Crippen LogP contribution in [0.15, 0.2) is 21.1 Å². The zero-order valence-corrected chi connectivity index (χ0v) is 8.48. The molecule has 0 fully saturated rings. The number of aryl methyl sites for hydroxylation is 1. The van der Waals surface area contributed by atoms with Crippen molar-refractivity contribution in [1.29, 1.82) is 0 Å². The molecule has 76 valence electrons. The number of pyridine rings is 1. The third-order valence-electron chi connectivity index (χ3n) is 1.96. The van der Waals surface area contributed by atoms with Crippen molar-refractivity contribution in [3.8, 4) is 5.88 Å². The van der Waals surface area contributed by atoms with Gasteiger partial charge in [0.1, 0.15) is 5.69 Å². The minimum Gasteiger partial charge on any atom is -0.493 e. The van der Waals surface area contributed by atoms with Crippen molar-refractivity contribution in [2.45, 2.75) is 20.4 Å². The van der Waals surface area contributed by atoms with E-state index >= 15 is 0 Å². The Balaban J connectivity index is 3.51. The molecule has 1 N–H and O–H groups in total. The van der Waals surface area contributed by atoms with Gasteiger partial charge in [0.2, 0.25) is 5.88 Å². The van der Waals surface area contributed by atoms with Gasteiger partial charge < -0.3 is 5.11 Å². The molecule has 0 radical (unpaired) electrons. The molecule has 0 saturated heterocycles. The molecular weight excluding hydrogens is 182 g/mol. The Morgan fingerprint density at radius 2 is 2.21 bits per heavy atom. The highest BCUT2D eigenvalue weighted by atomic mass is 16.3. The van der Waals surface area contributed by atoms with E-state index in [9.17, 15) is 9.90 Å². The minimum atomic E-state index is -0.224. The Morgan fingerprint density at radius 1 is 1.57 bits per heavy atom. The van der Waals surface area contributed by atoms with Crippen LogP contribution in [0.3, 0.4) is 0 Å². The van der Waals surface area contributed by atoms with Crippen molar-refractivity contribution in [2.24, 2.45) is 10.2 Å². The van der Waals surface area contributed by atoms with Gasteiger partial charge in [-0.25, -0.2) is 0 Å². The smallest absolute Gasteiger partial charge is 0.253 e. The van der Waals surface area contributed by atoms with Crippen LogP contribution in [0.25, 0.3) is 0 Å². The van der Waals surface area contributed by atoms with Gasteiger partial charge >= 0.3 is 0 Å². The summed E-state index contributed by atoms with van der Waals surface area (Å²) in [5, 5.41) is 17.0. The molecule has 1 heterocycles. The molecule has 5 heteroatoms. The number of rotatable bonds is 2. The topological polar surface area (TPSA) is 66.9 Å². The summed E-state index contributed by atoms with van der Waals surface area (Å²) in [6.07, 6.45) is 0. The molecule has 0 bridgehead atoms. The predicted molar refractivity (Wildman–Crippen MR) is 53.2 cm³/mol. The van der Waals surface area contributed by atoms with Crippen molar-refractivity contribution >= 4 is 5.69 Å². The van der Waals surface area contributed by atoms with Crippen molar-refractivity contribution in [2.75, 3.05) is 7.05 Å². The van der Waals surface area contributed by atoms with Crippen molar-refractivity contribution in [3.63, 3.8) is 0 Å². The summed E-state index contributed by atoms with van der Waals surface area (Å²) < 4.78 is 1.25. The summed E-state index contributed by atoms with van der Waals surface area (Å²) in [7, 11) is 1.51. The average molecular weight is 195 g/mol. The second-order valence-corrected chi connectivity index (χ2v) is 2.88. The van der Waals surface area contributed by atoms with E-state index in [0.717, 1.165) is 0 Å². The molecule has 1 rings (SSSR count). The molecule has 0 amide bonds. The zero-order chi connectivity index (χ0) is 10.7. The summed E-state index contributed by atoms with van der Waals surface area (Å²) in [6, 6.07) is 1.44. The fourth-order valence-corrected chi connectivity index (χ4v) is 1.27. The molecule has 1 aromatic rings. The number of aromatic nitrogens is 1. The molecule has 0 atom stereocenters. The van der Waals surface area contributed by atoms with Gasteiger partial charge in [-0.05, 0) is 19.4 Å². The van der Waals surface area contributed by atoms with Crippen LogP contribution in [-0.4, -0.2) is 16.7 Å². The van der Waals surface area contributed by atoms with Crippen LogP contribution in [0.2, 0.25) is 0 Å². The lowest BCUT2D eigenvalue weighted by Gasteiger charge is -2.08. The maximum Gasteiger partial charge on any atom is 0.253 e. The fraction of sp³-hybridized carbons (Fsp3) is 0.444. The monoisotopic (exact) mass is 195 g/mol. The molecule has 0 aliphatic carbocycles. The first-order valence-corrected chi connectivity index (χ1v) is 4.35. The third-order valence-corrected chi connectivity index (χ3v) is 1.96. The first-order valence-electron chi connectivity index (χ1n) is 4.35. The van der Waals surface area contributed by atoms with E-state index in [0.29, 0.717) is 17.8 Å². The minimum absolute atomic E-state index is 0.122. The lowest BCUT2D eigenvalue weighted by molar-refractivity contribution is 0.412. The maximum atomic E-state index is 11.4. The van der Waals surface area contributed by atoms with Gasteiger partial charge in [-0.3, -0.25) is 9.36 Å². The summed E-state index contributed by atoms with van der Waals surface area (Å²) in [5.41, 5.74) is 0.759. The van der Waals surface area contributed by atoms with E-state index in [4.69, 9.17) is 0 Å². The standard InChI is InChI=1S/C9H13N3O2/c1-4-12-7(13)5-6(2)8(9(12)14)11-10-3/h5,14H,4H2,1-3H3. The third kappa shape index (κ3) is 1.66. The van der Waals surface area contributed by atoms with E-state index in [1.165, 1.54) is 17.7 Å². The average Bonchev–Trinajstić information content (AvgIpc) is 2.12. The van der Waals surface area contributed by atoms with Crippen LogP contribution >= 0.6 is 0 Å². The number of hydrogen-bond acceptors (Lipinski definition) is 4. The number of nitrogens with zero attached hydrogens (tertiary/aromatic N) is 3. The van der Waals surface area contributed by atoms with Gasteiger partial charge in [0.05, 0.1) is 0 Å². The van der Waals surface area contributed by atoms with Crippen LogP contribution in [-0.2, 0) is 6.54 Å². The van der Waals surface area contributed by atoms with Crippen molar-refractivity contribution in [3.05, 3.63) is 22.0 Å². The maximum absolute atomic E-state index is 11.4. The second kappa shape index (κ2) is 4.04. The van der Waals surface area contributed by atoms with Gasteiger partial charge in [0.25, 0.3) is 5.56 Å². The lowest BCUT2D eigenvalue weighted by atomic mass is 10.2. The molecule has 0 saturated carbocycles. The molecular formula is C9H13N3O2. The van der Waals surface area contributed by atoms with Gasteiger partial charge in [0, 0.05) is 19.7 Å². The van der Waals surface area contributed by atoms with Gasteiger partial charge in [-0.2, -0.15) is 10.2 Å². The quantitative estimate of drug-likeness (QED) is 0.728. The van der Waals surface area contributed by atoms with Crippen LogP contribution in [0.1, 0.15) is 12.5 Å². The number of azo groups is 1. The normalized spacial score (nSPS) is 11.1. The van der Waals surface area contributed by atoms with Crippen LogP contribution < -0.4 is 5.56 Å². The SMILES string of the molecule is CCn1c(O)c(N=NC)c(C)cc1=O. The second-order valence-electron chi connectivity index (χ2n) is 2.88. The van der Waals surface area contributed by atoms with Gasteiger partial charge in [0.15, 0.2) is 0 Å². The van der Waals surface area contributed by atoms with Crippen molar-refractivity contribution in [1.82, 2.24) is 4.57 Å². The Bertz CT molecular complexity index is 421. The van der Waals surface area contributed by atoms with Crippen molar-refractivity contribution < 1.29 is 5.11 Å². The summed E-state index contributed by atoms with van der Waals surface area (Å²) in [4.78, 5) is 11.4. The van der Waals surface area contributed by atoms with E-state index in [1.54, 1.807) is 13.8 Å². The highest BCUT2D eigenvalue weighted by Gasteiger charge is 2.10. The summed E-state index contributed by atoms with van der Waals surface area (Å²) >= 11 is 0. The highest BCUT2D eigenvalue weighted by molar-refractivity contribution is 5.52. The summed E-state index contributed by atoms with van der Waals surface area (Å²) in [6.45, 7) is 3.91. The van der Waals surface area contributed by atoms with E-state index in [1.807, 2.05) is 0 Å². The van der Waals surface area contributed by atoms with E-state index in [-0.39, 0.29) is 11.4 Å². The molecule has 5 nitrogen and oxygen atoms in total. The Morgan fingerprint density at radius 3 is 2.71 bits per heavy atom. The predicted octanol–water partition coefficient (Wildman–Crippen LogP) is 1.60. The zero-order valence-electron chi connectivity index (χ0n) is 8.48. The molecule has 1 aromatic heterocycles. The molecule has 0 aliphatic rings. The first kappa shape index (κ1) is 10.4. The number of aromatic hydroxyl groups is 1. The lowest BCUT2D eigenvalue weighted by Crippen LogP contribution is -2.18. The molecule has 0 aromatic carbocycles. The Hall–Kier alpha value is -1.65. The Labute approximate surface area is 81.7 Å². The van der Waals surface area contributed by atoms with Gasteiger partial charge in [-0.15, -0.1) is 0 Å². The van der Waals surface area contributed by atoms with E-state index < -0.39 is 0 Å². The largest absolute Gasteiger partial charge is 0.493 e. The molecule has 14 heavy (non-hydrogen) atoms. The molecule has 0 aliphatic heterocycles. The highest BCUT2D eigenvalue weighted by Crippen LogP contribution is 2.28. The summed E-state index contributed by atoms with van der Waals surface area (Å²) in [5.74, 6) is -0.122.